The molecule has 100 valence electrons. The molecule has 19 heavy (non-hydrogen) atoms. The number of hydrogen-bond donors (Lipinski definition) is 2. The summed E-state index contributed by atoms with van der Waals surface area (Å²) in [5.41, 5.74) is 2.89. The van der Waals surface area contributed by atoms with E-state index in [0.717, 1.165) is 11.1 Å². The van der Waals surface area contributed by atoms with Crippen molar-refractivity contribution in [2.75, 3.05) is 9.44 Å². The van der Waals surface area contributed by atoms with Crippen molar-refractivity contribution in [2.45, 2.75) is 13.8 Å². The van der Waals surface area contributed by atoms with Gasteiger partial charge in [0.05, 0.1) is 11.4 Å². The molecule has 5 heteroatoms. The van der Waals surface area contributed by atoms with Crippen LogP contribution < -0.4 is 9.44 Å². The van der Waals surface area contributed by atoms with Gasteiger partial charge in [-0.1, -0.05) is 36.4 Å². The zero-order chi connectivity index (χ0) is 13.9. The molecule has 0 atom stereocenters. The molecule has 0 fully saturated rings. The Kier molecular flexibility index (Phi) is 3.76. The highest BCUT2D eigenvalue weighted by Crippen LogP contribution is 2.18. The van der Waals surface area contributed by atoms with Gasteiger partial charge in [-0.15, -0.1) is 0 Å². The van der Waals surface area contributed by atoms with Crippen molar-refractivity contribution in [3.8, 4) is 0 Å². The van der Waals surface area contributed by atoms with Crippen molar-refractivity contribution in [3.05, 3.63) is 59.7 Å². The SMILES string of the molecule is Cc1ccccc1NS(=O)(=O)Nc1ccccc1C. The van der Waals surface area contributed by atoms with Crippen LogP contribution >= 0.6 is 0 Å². The van der Waals surface area contributed by atoms with Gasteiger partial charge in [0.25, 0.3) is 0 Å². The van der Waals surface area contributed by atoms with Crippen LogP contribution in [0.5, 0.6) is 0 Å². The summed E-state index contributed by atoms with van der Waals surface area (Å²) >= 11 is 0. The molecular formula is C14H16N2O2S. The van der Waals surface area contributed by atoms with Gasteiger partial charge in [0.2, 0.25) is 0 Å². The molecule has 0 amide bonds. The summed E-state index contributed by atoms with van der Waals surface area (Å²) < 4.78 is 29.1. The fraction of sp³-hybridized carbons (Fsp3) is 0.143. The van der Waals surface area contributed by atoms with Crippen LogP contribution in [0.1, 0.15) is 11.1 Å². The molecule has 0 aromatic heterocycles. The van der Waals surface area contributed by atoms with Crippen LogP contribution in [0.2, 0.25) is 0 Å². The third-order valence-corrected chi connectivity index (χ3v) is 3.76. The van der Waals surface area contributed by atoms with E-state index in [0.29, 0.717) is 11.4 Å². The molecule has 0 aliphatic heterocycles. The lowest BCUT2D eigenvalue weighted by Gasteiger charge is -2.13. The summed E-state index contributed by atoms with van der Waals surface area (Å²) in [6.45, 7) is 3.71. The highest BCUT2D eigenvalue weighted by Gasteiger charge is 2.12. The number of para-hydroxylation sites is 2. The maximum absolute atomic E-state index is 12.1. The predicted octanol–water partition coefficient (Wildman–Crippen LogP) is 3.07. The first-order chi connectivity index (χ1) is 8.98. The number of hydrogen-bond acceptors (Lipinski definition) is 2. The van der Waals surface area contributed by atoms with Gasteiger partial charge >= 0.3 is 10.2 Å². The standard InChI is InChI=1S/C14H16N2O2S/c1-11-7-3-5-9-13(11)15-19(17,18)16-14-10-6-4-8-12(14)2/h3-10,15-16H,1-2H3. The van der Waals surface area contributed by atoms with E-state index in [1.54, 1.807) is 24.3 Å². The Bertz CT molecular complexity index is 628. The molecule has 2 aromatic rings. The van der Waals surface area contributed by atoms with Crippen LogP contribution in [0.15, 0.2) is 48.5 Å². The Morgan fingerprint density at radius 1 is 0.737 bits per heavy atom. The lowest BCUT2D eigenvalue weighted by atomic mass is 10.2. The zero-order valence-electron chi connectivity index (χ0n) is 10.8. The molecule has 0 heterocycles. The second-order valence-electron chi connectivity index (χ2n) is 4.34. The van der Waals surface area contributed by atoms with Crippen molar-refractivity contribution < 1.29 is 8.42 Å². The number of aryl methyl sites for hydroxylation is 2. The van der Waals surface area contributed by atoms with Crippen LogP contribution in [0, 0.1) is 13.8 Å². The van der Waals surface area contributed by atoms with Crippen molar-refractivity contribution in [1.82, 2.24) is 0 Å². The Balaban J connectivity index is 2.21. The number of nitrogens with one attached hydrogen (secondary N) is 2. The van der Waals surface area contributed by atoms with Crippen LogP contribution in [0.25, 0.3) is 0 Å². The fourth-order valence-corrected chi connectivity index (χ4v) is 2.78. The van der Waals surface area contributed by atoms with E-state index < -0.39 is 10.2 Å². The van der Waals surface area contributed by atoms with E-state index in [2.05, 4.69) is 9.44 Å². The van der Waals surface area contributed by atoms with Crippen molar-refractivity contribution >= 4 is 21.6 Å². The van der Waals surface area contributed by atoms with Gasteiger partial charge in [0.15, 0.2) is 0 Å². The van der Waals surface area contributed by atoms with E-state index >= 15 is 0 Å². The molecule has 0 radical (unpaired) electrons. The first-order valence-electron chi connectivity index (χ1n) is 5.90. The molecule has 4 nitrogen and oxygen atoms in total. The molecule has 2 aromatic carbocycles. The minimum Gasteiger partial charge on any atom is -0.266 e. The third kappa shape index (κ3) is 3.48. The molecule has 0 bridgehead atoms. The molecule has 0 aliphatic carbocycles. The number of anilines is 2. The van der Waals surface area contributed by atoms with E-state index in [9.17, 15) is 8.42 Å². The molecule has 0 unspecified atom stereocenters. The largest absolute Gasteiger partial charge is 0.321 e. The Hall–Kier alpha value is -2.01. The van der Waals surface area contributed by atoms with Crippen molar-refractivity contribution in [1.29, 1.82) is 0 Å². The number of benzene rings is 2. The Morgan fingerprint density at radius 3 is 1.47 bits per heavy atom. The first-order valence-corrected chi connectivity index (χ1v) is 7.38. The first kappa shape index (κ1) is 13.4. The maximum atomic E-state index is 12.1. The Morgan fingerprint density at radius 2 is 1.11 bits per heavy atom. The fourth-order valence-electron chi connectivity index (χ4n) is 1.69. The molecule has 2 N–H and O–H groups in total. The van der Waals surface area contributed by atoms with E-state index in [4.69, 9.17) is 0 Å². The summed E-state index contributed by atoms with van der Waals surface area (Å²) in [7, 11) is -3.63. The highest BCUT2D eigenvalue weighted by molar-refractivity contribution is 7.94. The van der Waals surface area contributed by atoms with Gasteiger partial charge in [-0.25, -0.2) is 0 Å². The zero-order valence-corrected chi connectivity index (χ0v) is 11.7. The predicted molar refractivity (Wildman–Crippen MR) is 78.5 cm³/mol. The molecule has 0 saturated carbocycles. The molecule has 0 aliphatic rings. The summed E-state index contributed by atoms with van der Waals surface area (Å²) in [5.74, 6) is 0. The van der Waals surface area contributed by atoms with Crippen LogP contribution in [-0.2, 0) is 10.2 Å². The molecule has 2 rings (SSSR count). The van der Waals surface area contributed by atoms with Gasteiger partial charge in [-0.05, 0) is 37.1 Å². The van der Waals surface area contributed by atoms with E-state index in [1.807, 2.05) is 38.1 Å². The average molecular weight is 276 g/mol. The summed E-state index contributed by atoms with van der Waals surface area (Å²) in [5, 5.41) is 0. The van der Waals surface area contributed by atoms with Crippen LogP contribution in [0.3, 0.4) is 0 Å². The summed E-state index contributed by atoms with van der Waals surface area (Å²) in [6, 6.07) is 14.5. The minimum atomic E-state index is -3.63. The molecular weight excluding hydrogens is 260 g/mol. The second-order valence-corrected chi connectivity index (χ2v) is 5.75. The monoisotopic (exact) mass is 276 g/mol. The lowest BCUT2D eigenvalue weighted by Crippen LogP contribution is -2.22. The van der Waals surface area contributed by atoms with Gasteiger partial charge in [-0.2, -0.15) is 8.42 Å². The lowest BCUT2D eigenvalue weighted by molar-refractivity contribution is 0.606. The number of rotatable bonds is 4. The van der Waals surface area contributed by atoms with Gasteiger partial charge < -0.3 is 0 Å². The second kappa shape index (κ2) is 5.32. The van der Waals surface area contributed by atoms with E-state index in [1.165, 1.54) is 0 Å². The highest BCUT2D eigenvalue weighted by atomic mass is 32.2. The average Bonchev–Trinajstić information content (AvgIpc) is 2.35. The van der Waals surface area contributed by atoms with Crippen molar-refractivity contribution in [2.24, 2.45) is 0 Å². The van der Waals surface area contributed by atoms with Crippen LogP contribution in [-0.4, -0.2) is 8.42 Å². The van der Waals surface area contributed by atoms with Gasteiger partial charge in [0.1, 0.15) is 0 Å². The van der Waals surface area contributed by atoms with Gasteiger partial charge in [0, 0.05) is 0 Å². The summed E-state index contributed by atoms with van der Waals surface area (Å²) in [4.78, 5) is 0. The smallest absolute Gasteiger partial charge is 0.266 e. The normalized spacial score (nSPS) is 11.1. The van der Waals surface area contributed by atoms with E-state index in [-0.39, 0.29) is 0 Å². The van der Waals surface area contributed by atoms with Crippen molar-refractivity contribution in [3.63, 3.8) is 0 Å². The molecule has 0 saturated heterocycles. The minimum absolute atomic E-state index is 0.573. The summed E-state index contributed by atoms with van der Waals surface area (Å²) in [6.07, 6.45) is 0. The van der Waals surface area contributed by atoms with Gasteiger partial charge in [-0.3, -0.25) is 9.44 Å². The quantitative estimate of drug-likeness (QED) is 0.901. The maximum Gasteiger partial charge on any atom is 0.321 e. The third-order valence-electron chi connectivity index (χ3n) is 2.78. The molecule has 0 spiro atoms. The van der Waals surface area contributed by atoms with Crippen LogP contribution in [0.4, 0.5) is 11.4 Å². The Labute approximate surface area is 113 Å². The topological polar surface area (TPSA) is 58.2 Å².